The molecule has 0 spiro atoms. The first-order chi connectivity index (χ1) is 13.3. The van der Waals surface area contributed by atoms with Crippen molar-refractivity contribution in [2.45, 2.75) is 39.5 Å². The summed E-state index contributed by atoms with van der Waals surface area (Å²) in [6, 6.07) is 7.16. The number of rotatable bonds is 6. The quantitative estimate of drug-likeness (QED) is 0.488. The van der Waals surface area contributed by atoms with Crippen LogP contribution in [0.25, 0.3) is 11.0 Å². The maximum Gasteiger partial charge on any atom is 0.335 e. The van der Waals surface area contributed by atoms with Crippen LogP contribution >= 0.6 is 23.2 Å². The standard InChI is InChI=1S/C21H22Cl2N2O3/c1-5-12(6-2)14-7-8-15(22)17-18(14)25(4)21(24-17)28-19-11(3)9-13(20(26)27)10-16(19)23/h7-10,12H,5-6H2,1-4H3,(H,26,27). The van der Waals surface area contributed by atoms with Gasteiger partial charge in [0, 0.05) is 7.05 Å². The van der Waals surface area contributed by atoms with Gasteiger partial charge in [0.2, 0.25) is 0 Å². The Morgan fingerprint density at radius 2 is 1.89 bits per heavy atom. The zero-order valence-electron chi connectivity index (χ0n) is 16.2. The molecule has 0 radical (unpaired) electrons. The number of hydrogen-bond acceptors (Lipinski definition) is 3. The van der Waals surface area contributed by atoms with E-state index in [1.165, 1.54) is 17.7 Å². The first-order valence-electron chi connectivity index (χ1n) is 9.14. The number of ether oxygens (including phenoxy) is 1. The fraction of sp³-hybridized carbons (Fsp3) is 0.333. The van der Waals surface area contributed by atoms with Crippen LogP contribution in [0.2, 0.25) is 10.0 Å². The molecule has 5 nitrogen and oxygen atoms in total. The predicted molar refractivity (Wildman–Crippen MR) is 112 cm³/mol. The van der Waals surface area contributed by atoms with Crippen LogP contribution in [0.1, 0.15) is 54.1 Å². The van der Waals surface area contributed by atoms with E-state index in [1.54, 1.807) is 6.92 Å². The zero-order valence-corrected chi connectivity index (χ0v) is 17.7. The Bertz CT molecular complexity index is 1030. The van der Waals surface area contributed by atoms with Crippen LogP contribution in [-0.2, 0) is 7.05 Å². The smallest absolute Gasteiger partial charge is 0.335 e. The van der Waals surface area contributed by atoms with E-state index in [0.717, 1.165) is 18.4 Å². The van der Waals surface area contributed by atoms with E-state index < -0.39 is 5.97 Å². The molecule has 3 aromatic rings. The maximum atomic E-state index is 11.2. The average Bonchev–Trinajstić information content (AvgIpc) is 2.98. The van der Waals surface area contributed by atoms with Gasteiger partial charge in [0.25, 0.3) is 0 Å². The molecule has 0 amide bonds. The molecule has 28 heavy (non-hydrogen) atoms. The molecule has 0 unspecified atom stereocenters. The lowest BCUT2D eigenvalue weighted by Crippen LogP contribution is -2.02. The summed E-state index contributed by atoms with van der Waals surface area (Å²) < 4.78 is 7.89. The maximum absolute atomic E-state index is 11.2. The molecule has 0 bridgehead atoms. The summed E-state index contributed by atoms with van der Waals surface area (Å²) in [5, 5.41) is 9.96. The number of carboxylic acids is 1. The van der Waals surface area contributed by atoms with Gasteiger partial charge in [-0.1, -0.05) is 43.1 Å². The van der Waals surface area contributed by atoms with Crippen molar-refractivity contribution in [1.29, 1.82) is 0 Å². The Morgan fingerprint density at radius 1 is 1.21 bits per heavy atom. The van der Waals surface area contributed by atoms with Crippen molar-refractivity contribution in [2.24, 2.45) is 7.05 Å². The second-order valence-electron chi connectivity index (χ2n) is 6.81. The van der Waals surface area contributed by atoms with Crippen molar-refractivity contribution in [3.63, 3.8) is 0 Å². The molecular formula is C21H22Cl2N2O3. The summed E-state index contributed by atoms with van der Waals surface area (Å²) >= 11 is 12.7. The molecule has 1 N–H and O–H groups in total. The van der Waals surface area contributed by atoms with Crippen LogP contribution in [-0.4, -0.2) is 20.6 Å². The molecule has 1 aromatic heterocycles. The Labute approximate surface area is 173 Å². The topological polar surface area (TPSA) is 64.3 Å². The number of carboxylic acid groups (broad SMARTS) is 1. The number of imidazole rings is 1. The summed E-state index contributed by atoms with van der Waals surface area (Å²) in [4.78, 5) is 15.8. The summed E-state index contributed by atoms with van der Waals surface area (Å²) in [6.07, 6.45) is 2.02. The van der Waals surface area contributed by atoms with Gasteiger partial charge in [0.15, 0.2) is 5.75 Å². The lowest BCUT2D eigenvalue weighted by molar-refractivity contribution is 0.0696. The fourth-order valence-electron chi connectivity index (χ4n) is 3.52. The average molecular weight is 421 g/mol. The number of benzene rings is 2. The van der Waals surface area contributed by atoms with Gasteiger partial charge in [-0.2, -0.15) is 4.98 Å². The predicted octanol–water partition coefficient (Wildman–Crippen LogP) is 6.58. The second-order valence-corrected chi connectivity index (χ2v) is 7.63. The summed E-state index contributed by atoms with van der Waals surface area (Å²) in [5.41, 5.74) is 3.52. The van der Waals surface area contributed by atoms with Gasteiger partial charge in [-0.3, -0.25) is 4.57 Å². The largest absolute Gasteiger partial charge is 0.478 e. The van der Waals surface area contributed by atoms with E-state index in [9.17, 15) is 9.90 Å². The Hall–Kier alpha value is -2.24. The molecule has 0 aliphatic rings. The van der Waals surface area contributed by atoms with Gasteiger partial charge in [0.1, 0.15) is 5.52 Å². The number of halogens is 2. The number of nitrogens with zero attached hydrogens (tertiary/aromatic N) is 2. The Balaban J connectivity index is 2.13. The van der Waals surface area contributed by atoms with Crippen LogP contribution < -0.4 is 4.74 Å². The van der Waals surface area contributed by atoms with Gasteiger partial charge in [-0.25, -0.2) is 4.79 Å². The molecule has 3 rings (SSSR count). The zero-order chi connectivity index (χ0) is 20.6. The fourth-order valence-corrected chi connectivity index (χ4v) is 4.02. The van der Waals surface area contributed by atoms with Crippen LogP contribution in [0, 0.1) is 6.92 Å². The SMILES string of the molecule is CCC(CC)c1ccc(Cl)c2nc(Oc3c(C)cc(C(=O)O)cc3Cl)n(C)c12. The van der Waals surface area contributed by atoms with Crippen LogP contribution in [0.5, 0.6) is 11.8 Å². The summed E-state index contributed by atoms with van der Waals surface area (Å²) in [6.45, 7) is 6.07. The molecular weight excluding hydrogens is 399 g/mol. The summed E-state index contributed by atoms with van der Waals surface area (Å²) in [5.74, 6) is -0.269. The minimum Gasteiger partial charge on any atom is -0.478 e. The number of hydrogen-bond donors (Lipinski definition) is 1. The second kappa shape index (κ2) is 8.02. The highest BCUT2D eigenvalue weighted by Crippen LogP contribution is 2.38. The minimum absolute atomic E-state index is 0.110. The lowest BCUT2D eigenvalue weighted by Gasteiger charge is -2.16. The van der Waals surface area contributed by atoms with Crippen molar-refractivity contribution in [3.8, 4) is 11.8 Å². The molecule has 0 aliphatic carbocycles. The number of fused-ring (bicyclic) bond motifs is 1. The van der Waals surface area contributed by atoms with Crippen LogP contribution in [0.15, 0.2) is 24.3 Å². The van der Waals surface area contributed by atoms with Gasteiger partial charge in [-0.15, -0.1) is 0 Å². The van der Waals surface area contributed by atoms with Crippen molar-refractivity contribution in [3.05, 3.63) is 51.0 Å². The third kappa shape index (κ3) is 3.56. The lowest BCUT2D eigenvalue weighted by atomic mass is 9.93. The highest BCUT2D eigenvalue weighted by atomic mass is 35.5. The number of aromatic nitrogens is 2. The molecule has 148 valence electrons. The van der Waals surface area contributed by atoms with E-state index in [0.29, 0.717) is 33.8 Å². The van der Waals surface area contributed by atoms with Gasteiger partial charge < -0.3 is 9.84 Å². The normalized spacial score (nSPS) is 11.4. The molecule has 0 saturated heterocycles. The first-order valence-corrected chi connectivity index (χ1v) is 9.90. The van der Waals surface area contributed by atoms with Crippen LogP contribution in [0.3, 0.4) is 0 Å². The van der Waals surface area contributed by atoms with E-state index in [-0.39, 0.29) is 10.6 Å². The Kier molecular flexibility index (Phi) is 5.87. The molecule has 0 fully saturated rings. The molecule has 1 heterocycles. The minimum atomic E-state index is -1.04. The third-order valence-corrected chi connectivity index (χ3v) is 5.64. The van der Waals surface area contributed by atoms with Crippen LogP contribution in [0.4, 0.5) is 0 Å². The van der Waals surface area contributed by atoms with E-state index in [2.05, 4.69) is 18.8 Å². The molecule has 0 atom stereocenters. The van der Waals surface area contributed by atoms with Gasteiger partial charge in [0.05, 0.1) is 21.1 Å². The number of carbonyl (C=O) groups is 1. The summed E-state index contributed by atoms with van der Waals surface area (Å²) in [7, 11) is 1.88. The highest BCUT2D eigenvalue weighted by molar-refractivity contribution is 6.35. The van der Waals surface area contributed by atoms with E-state index in [1.807, 2.05) is 23.7 Å². The molecule has 0 saturated carbocycles. The molecule has 7 heteroatoms. The molecule has 0 aliphatic heterocycles. The van der Waals surface area contributed by atoms with Crippen molar-refractivity contribution in [1.82, 2.24) is 9.55 Å². The first kappa shape index (κ1) is 20.5. The van der Waals surface area contributed by atoms with E-state index in [4.69, 9.17) is 27.9 Å². The van der Waals surface area contributed by atoms with Gasteiger partial charge >= 0.3 is 12.0 Å². The van der Waals surface area contributed by atoms with Crippen molar-refractivity contribution >= 4 is 40.2 Å². The van der Waals surface area contributed by atoms with Crippen molar-refractivity contribution in [2.75, 3.05) is 0 Å². The molecule has 2 aromatic carbocycles. The van der Waals surface area contributed by atoms with Crippen molar-refractivity contribution < 1.29 is 14.6 Å². The highest BCUT2D eigenvalue weighted by Gasteiger charge is 2.21. The number of aryl methyl sites for hydroxylation is 2. The Morgan fingerprint density at radius 3 is 2.46 bits per heavy atom. The van der Waals surface area contributed by atoms with Gasteiger partial charge in [-0.05, 0) is 55.0 Å². The number of aromatic carboxylic acids is 1. The third-order valence-electron chi connectivity index (χ3n) is 5.06. The van der Waals surface area contributed by atoms with E-state index >= 15 is 0 Å². The monoisotopic (exact) mass is 420 g/mol.